The number of benzene rings is 1. The minimum absolute atomic E-state index is 0.192. The molecule has 0 radical (unpaired) electrons. The van der Waals surface area contributed by atoms with Crippen molar-refractivity contribution in [1.29, 1.82) is 0 Å². The normalized spacial score (nSPS) is 10.1. The van der Waals surface area contributed by atoms with Gasteiger partial charge in [0.15, 0.2) is 0 Å². The monoisotopic (exact) mass is 273 g/mol. The summed E-state index contributed by atoms with van der Waals surface area (Å²) in [4.78, 5) is 13.7. The summed E-state index contributed by atoms with van der Waals surface area (Å²) in [6.07, 6.45) is 1.59. The van der Waals surface area contributed by atoms with Gasteiger partial charge in [-0.3, -0.25) is 0 Å². The molecule has 0 spiro atoms. The van der Waals surface area contributed by atoms with Crippen LogP contribution in [0.4, 0.5) is 10.5 Å². The molecule has 0 unspecified atom stereocenters. The highest BCUT2D eigenvalue weighted by Crippen LogP contribution is 2.09. The van der Waals surface area contributed by atoms with Gasteiger partial charge in [-0.25, -0.2) is 4.79 Å². The van der Waals surface area contributed by atoms with Crippen molar-refractivity contribution < 1.29 is 9.21 Å². The average Bonchev–Trinajstić information content (AvgIpc) is 2.99. The van der Waals surface area contributed by atoms with E-state index in [4.69, 9.17) is 4.42 Å². The predicted molar refractivity (Wildman–Crippen MR) is 78.7 cm³/mol. The number of nitrogens with zero attached hydrogens (tertiary/aromatic N) is 1. The van der Waals surface area contributed by atoms with E-state index in [1.54, 1.807) is 12.3 Å². The van der Waals surface area contributed by atoms with Crippen molar-refractivity contribution in [2.75, 3.05) is 25.0 Å². The van der Waals surface area contributed by atoms with Crippen LogP contribution >= 0.6 is 0 Å². The number of carbonyl (C=O) groups is 1. The topological polar surface area (TPSA) is 57.5 Å². The van der Waals surface area contributed by atoms with Crippen molar-refractivity contribution in [3.63, 3.8) is 0 Å². The van der Waals surface area contributed by atoms with Gasteiger partial charge in [-0.15, -0.1) is 0 Å². The van der Waals surface area contributed by atoms with Crippen LogP contribution in [0.15, 0.2) is 53.1 Å². The average molecular weight is 273 g/mol. The highest BCUT2D eigenvalue weighted by Gasteiger charge is 2.03. The van der Waals surface area contributed by atoms with Crippen LogP contribution in [0.2, 0.25) is 0 Å². The Morgan fingerprint density at radius 3 is 2.65 bits per heavy atom. The van der Waals surface area contributed by atoms with E-state index in [9.17, 15) is 4.79 Å². The van der Waals surface area contributed by atoms with Crippen LogP contribution in [0.1, 0.15) is 5.76 Å². The fraction of sp³-hybridized carbons (Fsp3) is 0.267. The van der Waals surface area contributed by atoms with Crippen LogP contribution in [0.3, 0.4) is 0 Å². The lowest BCUT2D eigenvalue weighted by atomic mass is 10.3. The fourth-order valence-corrected chi connectivity index (χ4v) is 1.79. The van der Waals surface area contributed by atoms with E-state index in [0.717, 1.165) is 18.0 Å². The molecule has 0 aliphatic rings. The molecule has 2 amide bonds. The number of carbonyl (C=O) groups excluding carboxylic acids is 1. The third kappa shape index (κ3) is 4.35. The minimum Gasteiger partial charge on any atom is -0.467 e. The molecule has 106 valence electrons. The van der Waals surface area contributed by atoms with Gasteiger partial charge in [0, 0.05) is 25.8 Å². The second kappa shape index (κ2) is 7.23. The Balaban J connectivity index is 1.64. The van der Waals surface area contributed by atoms with Crippen LogP contribution in [0, 0.1) is 0 Å². The van der Waals surface area contributed by atoms with Crippen molar-refractivity contribution >= 4 is 11.7 Å². The van der Waals surface area contributed by atoms with Gasteiger partial charge in [0.1, 0.15) is 5.76 Å². The van der Waals surface area contributed by atoms with Gasteiger partial charge in [0.2, 0.25) is 0 Å². The molecule has 0 aliphatic carbocycles. The smallest absolute Gasteiger partial charge is 0.315 e. The Morgan fingerprint density at radius 1 is 1.15 bits per heavy atom. The van der Waals surface area contributed by atoms with Gasteiger partial charge < -0.3 is 20.0 Å². The van der Waals surface area contributed by atoms with Gasteiger partial charge in [-0.2, -0.15) is 0 Å². The van der Waals surface area contributed by atoms with E-state index in [1.807, 2.05) is 43.4 Å². The highest BCUT2D eigenvalue weighted by atomic mass is 16.3. The third-order valence-electron chi connectivity index (χ3n) is 2.93. The number of urea groups is 1. The van der Waals surface area contributed by atoms with E-state index in [-0.39, 0.29) is 6.03 Å². The van der Waals surface area contributed by atoms with Crippen LogP contribution in [0.5, 0.6) is 0 Å². The van der Waals surface area contributed by atoms with Crippen molar-refractivity contribution in [2.24, 2.45) is 0 Å². The molecule has 0 aliphatic heterocycles. The zero-order chi connectivity index (χ0) is 14.2. The first-order valence-electron chi connectivity index (χ1n) is 6.56. The summed E-state index contributed by atoms with van der Waals surface area (Å²) in [6.45, 7) is 1.72. The predicted octanol–water partition coefficient (Wildman–Crippen LogP) is 2.22. The number of likely N-dealkylation sites (N-methyl/N-ethyl adjacent to an activating group) is 1. The highest BCUT2D eigenvalue weighted by molar-refractivity contribution is 5.73. The maximum absolute atomic E-state index is 11.6. The maximum atomic E-state index is 11.6. The summed E-state index contributed by atoms with van der Waals surface area (Å²) in [5.41, 5.74) is 1.13. The molecule has 20 heavy (non-hydrogen) atoms. The second-order valence-electron chi connectivity index (χ2n) is 4.45. The van der Waals surface area contributed by atoms with E-state index < -0.39 is 0 Å². The number of para-hydroxylation sites is 1. The standard InChI is InChI=1S/C15H19N3O2/c1-18(13-6-3-2-4-7-13)10-9-16-15(19)17-12-14-8-5-11-20-14/h2-8,11H,9-10,12H2,1H3,(H2,16,17,19). The SMILES string of the molecule is CN(CCNC(=O)NCc1ccco1)c1ccccc1. The van der Waals surface area contributed by atoms with Gasteiger partial charge in [-0.05, 0) is 24.3 Å². The molecule has 2 aromatic rings. The van der Waals surface area contributed by atoms with Crippen LogP contribution in [0.25, 0.3) is 0 Å². The summed E-state index contributed by atoms with van der Waals surface area (Å²) in [5, 5.41) is 5.55. The van der Waals surface area contributed by atoms with Crippen molar-refractivity contribution in [3.8, 4) is 0 Å². The van der Waals surface area contributed by atoms with Crippen LogP contribution in [-0.2, 0) is 6.54 Å². The number of rotatable bonds is 6. The van der Waals surface area contributed by atoms with E-state index in [2.05, 4.69) is 15.5 Å². The summed E-state index contributed by atoms with van der Waals surface area (Å²) >= 11 is 0. The molecule has 0 saturated carbocycles. The lowest BCUT2D eigenvalue weighted by molar-refractivity contribution is 0.240. The Morgan fingerprint density at radius 2 is 1.95 bits per heavy atom. The van der Waals surface area contributed by atoms with E-state index in [1.165, 1.54) is 0 Å². The number of furan rings is 1. The molecule has 1 aromatic heterocycles. The zero-order valence-corrected chi connectivity index (χ0v) is 11.5. The van der Waals surface area contributed by atoms with Crippen molar-refractivity contribution in [1.82, 2.24) is 10.6 Å². The van der Waals surface area contributed by atoms with Crippen LogP contribution in [-0.4, -0.2) is 26.2 Å². The molecule has 2 rings (SSSR count). The second-order valence-corrected chi connectivity index (χ2v) is 4.45. The Bertz CT molecular complexity index is 511. The molecule has 1 aromatic carbocycles. The number of hydrogen-bond acceptors (Lipinski definition) is 3. The lowest BCUT2D eigenvalue weighted by Crippen LogP contribution is -2.39. The Kier molecular flexibility index (Phi) is 5.06. The molecular formula is C15H19N3O2. The molecule has 2 N–H and O–H groups in total. The Hall–Kier alpha value is -2.43. The van der Waals surface area contributed by atoms with Crippen LogP contribution < -0.4 is 15.5 Å². The largest absolute Gasteiger partial charge is 0.467 e. The summed E-state index contributed by atoms with van der Waals surface area (Å²) in [6, 6.07) is 13.5. The number of nitrogens with one attached hydrogen (secondary N) is 2. The number of hydrogen-bond donors (Lipinski definition) is 2. The quantitative estimate of drug-likeness (QED) is 0.848. The molecule has 1 heterocycles. The summed E-state index contributed by atoms with van der Waals surface area (Å²) in [7, 11) is 2.00. The Labute approximate surface area is 118 Å². The summed E-state index contributed by atoms with van der Waals surface area (Å²) < 4.78 is 5.13. The molecule has 0 saturated heterocycles. The fourth-order valence-electron chi connectivity index (χ4n) is 1.79. The molecule has 0 fully saturated rings. The van der Waals surface area contributed by atoms with E-state index in [0.29, 0.717) is 13.1 Å². The first-order chi connectivity index (χ1) is 9.75. The molecule has 0 bridgehead atoms. The lowest BCUT2D eigenvalue weighted by Gasteiger charge is -2.19. The van der Waals surface area contributed by atoms with E-state index >= 15 is 0 Å². The number of anilines is 1. The first-order valence-corrected chi connectivity index (χ1v) is 6.56. The van der Waals surface area contributed by atoms with Crippen molar-refractivity contribution in [3.05, 3.63) is 54.5 Å². The van der Waals surface area contributed by atoms with Gasteiger partial charge in [-0.1, -0.05) is 18.2 Å². The summed E-state index contributed by atoms with van der Waals surface area (Å²) in [5.74, 6) is 0.738. The minimum atomic E-state index is -0.192. The van der Waals surface area contributed by atoms with Gasteiger partial charge in [0.25, 0.3) is 0 Å². The maximum Gasteiger partial charge on any atom is 0.315 e. The molecular weight excluding hydrogens is 254 g/mol. The third-order valence-corrected chi connectivity index (χ3v) is 2.93. The molecule has 0 atom stereocenters. The number of amides is 2. The van der Waals surface area contributed by atoms with Crippen molar-refractivity contribution in [2.45, 2.75) is 6.54 Å². The molecule has 5 heteroatoms. The van der Waals surface area contributed by atoms with Gasteiger partial charge >= 0.3 is 6.03 Å². The first kappa shape index (κ1) is 14.0. The molecule has 5 nitrogen and oxygen atoms in total. The van der Waals surface area contributed by atoms with Gasteiger partial charge in [0.05, 0.1) is 12.8 Å². The zero-order valence-electron chi connectivity index (χ0n) is 11.5.